The Bertz CT molecular complexity index is 185. The number of hydrogen-bond acceptors (Lipinski definition) is 3. The van der Waals surface area contributed by atoms with Crippen LogP contribution in [-0.2, 0) is 16.0 Å². The number of unbranched alkanes of at least 4 members (excludes halogenated alkanes) is 1. The lowest BCUT2D eigenvalue weighted by Crippen LogP contribution is -2.49. The highest BCUT2D eigenvalue weighted by Crippen LogP contribution is 2.06. The second-order valence-corrected chi connectivity index (χ2v) is 4.11. The van der Waals surface area contributed by atoms with Crippen molar-refractivity contribution in [1.82, 2.24) is 9.42 Å². The van der Waals surface area contributed by atoms with Crippen LogP contribution < -0.4 is 0 Å². The predicted molar refractivity (Wildman–Crippen MR) is 54.8 cm³/mol. The van der Waals surface area contributed by atoms with E-state index in [2.05, 4.69) is 6.92 Å². The maximum absolute atomic E-state index is 11.1. The van der Waals surface area contributed by atoms with Crippen LogP contribution in [0, 0.1) is 0 Å². The van der Waals surface area contributed by atoms with Crippen molar-refractivity contribution >= 4 is 11.3 Å². The molecule has 0 aliphatic carbocycles. The Morgan fingerprint density at radius 1 is 1.50 bits per heavy atom. The summed E-state index contributed by atoms with van der Waals surface area (Å²) in [5.41, 5.74) is 0. The van der Waals surface area contributed by atoms with Crippen molar-refractivity contribution in [3.05, 3.63) is 0 Å². The molecule has 0 amide bonds. The highest BCUT2D eigenvalue weighted by atomic mass is 32.2. The topological polar surface area (TPSA) is 53.0 Å². The average Bonchev–Trinajstić information content (AvgIpc) is 2.19. The summed E-state index contributed by atoms with van der Waals surface area (Å²) in [6, 6.07) is 0. The molecule has 14 heavy (non-hydrogen) atoms. The Hall–Kier alpha value is -0.0100. The van der Waals surface area contributed by atoms with Crippen LogP contribution in [0.25, 0.3) is 0 Å². The van der Waals surface area contributed by atoms with E-state index in [1.807, 2.05) is 5.01 Å². The van der Waals surface area contributed by atoms with Crippen LogP contribution in [0.5, 0.6) is 0 Å². The number of nitrogens with zero attached hydrogens (tertiary/aromatic N) is 2. The SMILES string of the molecule is CCCCN(N1CCOCC1)S(=O)O. The van der Waals surface area contributed by atoms with Gasteiger partial charge < -0.3 is 4.74 Å². The molecule has 0 saturated carbocycles. The molecule has 1 fully saturated rings. The molecule has 0 aromatic carbocycles. The largest absolute Gasteiger partial charge is 0.379 e. The fourth-order valence-corrected chi connectivity index (χ4v) is 2.03. The molecule has 6 heteroatoms. The first-order valence-electron chi connectivity index (χ1n) is 4.96. The average molecular weight is 222 g/mol. The summed E-state index contributed by atoms with van der Waals surface area (Å²) in [5, 5.41) is 1.90. The minimum atomic E-state index is -1.90. The summed E-state index contributed by atoms with van der Waals surface area (Å²) in [6.07, 6.45) is 1.96. The van der Waals surface area contributed by atoms with Gasteiger partial charge in [0.25, 0.3) is 0 Å². The van der Waals surface area contributed by atoms with Gasteiger partial charge >= 0.3 is 0 Å². The van der Waals surface area contributed by atoms with Gasteiger partial charge in [0, 0.05) is 19.6 Å². The summed E-state index contributed by atoms with van der Waals surface area (Å²) in [5.74, 6) is 0. The van der Waals surface area contributed by atoms with Gasteiger partial charge in [-0.25, -0.2) is 9.22 Å². The molecule has 1 rings (SSSR count). The number of hydrogen-bond donors (Lipinski definition) is 1. The number of hydrazine groups is 1. The van der Waals surface area contributed by atoms with Crippen LogP contribution in [-0.4, -0.2) is 51.0 Å². The van der Waals surface area contributed by atoms with Crippen LogP contribution in [0.3, 0.4) is 0 Å². The quantitative estimate of drug-likeness (QED) is 0.687. The van der Waals surface area contributed by atoms with Crippen LogP contribution in [0.2, 0.25) is 0 Å². The van der Waals surface area contributed by atoms with Crippen LogP contribution >= 0.6 is 0 Å². The summed E-state index contributed by atoms with van der Waals surface area (Å²) in [6.45, 7) is 5.39. The zero-order valence-corrected chi connectivity index (χ0v) is 9.33. The van der Waals surface area contributed by atoms with E-state index < -0.39 is 11.3 Å². The molecular formula is C8H18N2O3S. The van der Waals surface area contributed by atoms with Crippen molar-refractivity contribution in [2.75, 3.05) is 32.8 Å². The Morgan fingerprint density at radius 3 is 2.64 bits per heavy atom. The molecule has 1 heterocycles. The predicted octanol–water partition coefficient (Wildman–Crippen LogP) is 0.472. The minimum Gasteiger partial charge on any atom is -0.379 e. The third kappa shape index (κ3) is 3.62. The van der Waals surface area contributed by atoms with Crippen LogP contribution in [0.15, 0.2) is 0 Å². The van der Waals surface area contributed by atoms with Gasteiger partial charge in [0.2, 0.25) is 11.3 Å². The fraction of sp³-hybridized carbons (Fsp3) is 1.00. The molecule has 1 N–H and O–H groups in total. The van der Waals surface area contributed by atoms with Crippen LogP contribution in [0.1, 0.15) is 19.8 Å². The first kappa shape index (κ1) is 12.1. The molecule has 0 spiro atoms. The lowest BCUT2D eigenvalue weighted by Gasteiger charge is -2.34. The normalized spacial score (nSPS) is 21.4. The molecule has 0 aromatic rings. The van der Waals surface area contributed by atoms with Gasteiger partial charge in [0.15, 0.2) is 0 Å². The lowest BCUT2D eigenvalue weighted by molar-refractivity contribution is -0.0427. The molecule has 1 aliphatic rings. The Labute approximate surface area is 87.4 Å². The Kier molecular flexibility index (Phi) is 5.57. The maximum Gasteiger partial charge on any atom is 0.248 e. The van der Waals surface area contributed by atoms with Gasteiger partial charge in [0.1, 0.15) is 0 Å². The van der Waals surface area contributed by atoms with Gasteiger partial charge in [-0.2, -0.15) is 0 Å². The van der Waals surface area contributed by atoms with Gasteiger partial charge in [-0.05, 0) is 6.42 Å². The Balaban J connectivity index is 2.43. The van der Waals surface area contributed by atoms with Gasteiger partial charge in [-0.3, -0.25) is 4.55 Å². The van der Waals surface area contributed by atoms with Gasteiger partial charge in [-0.1, -0.05) is 13.3 Å². The van der Waals surface area contributed by atoms with Crippen molar-refractivity contribution in [3.63, 3.8) is 0 Å². The van der Waals surface area contributed by atoms with E-state index in [0.29, 0.717) is 32.8 Å². The van der Waals surface area contributed by atoms with E-state index in [4.69, 9.17) is 9.29 Å². The van der Waals surface area contributed by atoms with Crippen LogP contribution in [0.4, 0.5) is 0 Å². The van der Waals surface area contributed by atoms with E-state index in [1.165, 1.54) is 4.41 Å². The molecule has 1 saturated heterocycles. The van der Waals surface area contributed by atoms with Gasteiger partial charge in [0.05, 0.1) is 13.2 Å². The maximum atomic E-state index is 11.1. The van der Waals surface area contributed by atoms with Gasteiger partial charge in [-0.15, -0.1) is 4.41 Å². The molecule has 1 aliphatic heterocycles. The van der Waals surface area contributed by atoms with E-state index in [1.54, 1.807) is 0 Å². The van der Waals surface area contributed by atoms with E-state index in [9.17, 15) is 4.21 Å². The number of rotatable bonds is 5. The molecule has 0 aromatic heterocycles. The summed E-state index contributed by atoms with van der Waals surface area (Å²) in [7, 11) is 0. The molecule has 1 unspecified atom stereocenters. The highest BCUT2D eigenvalue weighted by molar-refractivity contribution is 7.76. The fourth-order valence-electron chi connectivity index (χ4n) is 1.39. The second kappa shape index (κ2) is 6.47. The third-order valence-electron chi connectivity index (χ3n) is 2.19. The molecule has 1 atom stereocenters. The third-order valence-corrected chi connectivity index (χ3v) is 2.96. The molecule has 0 radical (unpaired) electrons. The summed E-state index contributed by atoms with van der Waals surface area (Å²) >= 11 is -1.90. The molecular weight excluding hydrogens is 204 g/mol. The molecule has 0 bridgehead atoms. The van der Waals surface area contributed by atoms with Crippen molar-refractivity contribution in [1.29, 1.82) is 0 Å². The van der Waals surface area contributed by atoms with Crippen molar-refractivity contribution in [2.45, 2.75) is 19.8 Å². The zero-order valence-electron chi connectivity index (χ0n) is 8.52. The summed E-state index contributed by atoms with van der Waals surface area (Å²) < 4.78 is 26.9. The zero-order chi connectivity index (χ0) is 10.4. The standard InChI is InChI=1S/C8H18N2O3S/c1-2-3-4-10(14(11)12)9-5-7-13-8-6-9/h2-8H2,1H3,(H,11,12). The minimum absolute atomic E-state index is 0.639. The Morgan fingerprint density at radius 2 is 2.14 bits per heavy atom. The second-order valence-electron chi connectivity index (χ2n) is 3.23. The van der Waals surface area contributed by atoms with Crippen molar-refractivity contribution < 1.29 is 13.5 Å². The van der Waals surface area contributed by atoms with Crippen molar-refractivity contribution in [2.24, 2.45) is 0 Å². The lowest BCUT2D eigenvalue weighted by atomic mass is 10.3. The first-order valence-corrected chi connectivity index (χ1v) is 6.03. The van der Waals surface area contributed by atoms with E-state index in [0.717, 1.165) is 12.8 Å². The number of morpholine rings is 1. The number of ether oxygens (including phenoxy) is 1. The molecule has 5 nitrogen and oxygen atoms in total. The highest BCUT2D eigenvalue weighted by Gasteiger charge is 2.21. The monoisotopic (exact) mass is 222 g/mol. The van der Waals surface area contributed by atoms with E-state index in [-0.39, 0.29) is 0 Å². The van der Waals surface area contributed by atoms with Crippen molar-refractivity contribution in [3.8, 4) is 0 Å². The smallest absolute Gasteiger partial charge is 0.248 e. The van der Waals surface area contributed by atoms with E-state index >= 15 is 0 Å². The first-order chi connectivity index (χ1) is 6.75. The molecule has 84 valence electrons. The summed E-state index contributed by atoms with van der Waals surface area (Å²) in [4.78, 5) is 0.